The van der Waals surface area contributed by atoms with Crippen molar-refractivity contribution in [2.24, 2.45) is 0 Å². The van der Waals surface area contributed by atoms with E-state index in [9.17, 15) is 9.59 Å². The second-order valence-electron chi connectivity index (χ2n) is 10.8. The zero-order chi connectivity index (χ0) is 28.2. The van der Waals surface area contributed by atoms with Crippen LogP contribution in [0.15, 0.2) is 66.7 Å². The topological polar surface area (TPSA) is 72.5 Å². The minimum atomic E-state index is -0.0585. The van der Waals surface area contributed by atoms with Gasteiger partial charge in [-0.1, -0.05) is 61.8 Å². The number of rotatable bonds is 4. The first-order chi connectivity index (χ1) is 19.3. The molecule has 5 rings (SSSR count). The van der Waals surface area contributed by atoms with Crippen molar-refractivity contribution in [2.45, 2.75) is 46.2 Å². The molecule has 0 saturated carbocycles. The summed E-state index contributed by atoms with van der Waals surface area (Å²) in [6.45, 7) is 9.55. The number of amides is 2. The van der Waals surface area contributed by atoms with Gasteiger partial charge in [-0.3, -0.25) is 14.5 Å². The lowest BCUT2D eigenvalue weighted by Gasteiger charge is -2.28. The van der Waals surface area contributed by atoms with E-state index in [0.29, 0.717) is 36.8 Å². The van der Waals surface area contributed by atoms with E-state index in [4.69, 9.17) is 11.6 Å². The summed E-state index contributed by atoms with van der Waals surface area (Å²) in [5.41, 5.74) is 5.19. The molecule has 0 aliphatic carbocycles. The van der Waals surface area contributed by atoms with Crippen LogP contribution in [0.5, 0.6) is 0 Å². The van der Waals surface area contributed by atoms with Crippen LogP contribution in [0.1, 0.15) is 60.4 Å². The normalized spacial score (nSPS) is 15.2. The first kappa shape index (κ1) is 27.9. The Morgan fingerprint density at radius 1 is 0.975 bits per heavy atom. The molecule has 3 aromatic carbocycles. The van der Waals surface area contributed by atoms with Crippen molar-refractivity contribution in [3.63, 3.8) is 0 Å². The predicted molar refractivity (Wildman–Crippen MR) is 161 cm³/mol. The second kappa shape index (κ2) is 12.2. The highest BCUT2D eigenvalue weighted by atomic mass is 35.5. The predicted octanol–water partition coefficient (Wildman–Crippen LogP) is 6.24. The number of anilines is 1. The Morgan fingerprint density at radius 3 is 2.52 bits per heavy atom. The van der Waals surface area contributed by atoms with E-state index in [-0.39, 0.29) is 17.7 Å². The summed E-state index contributed by atoms with van der Waals surface area (Å²) in [7, 11) is 0. The molecular formula is C32H36ClN5O2. The average molecular weight is 558 g/mol. The lowest BCUT2D eigenvalue weighted by atomic mass is 10.1. The Labute approximate surface area is 240 Å². The fourth-order valence-corrected chi connectivity index (χ4v) is 5.44. The number of carbonyl (C=O) groups excluding carboxylic acids is 2. The number of hydrogen-bond acceptors (Lipinski definition) is 4. The molecule has 1 N–H and O–H groups in total. The Hall–Kier alpha value is -3.68. The number of aromatic nitrogens is 2. The van der Waals surface area contributed by atoms with Gasteiger partial charge in [0.05, 0.1) is 16.7 Å². The van der Waals surface area contributed by atoms with Crippen molar-refractivity contribution < 1.29 is 9.59 Å². The minimum absolute atomic E-state index is 0.0408. The number of imidazole rings is 1. The zero-order valence-corrected chi connectivity index (χ0v) is 24.1. The molecule has 1 aromatic heterocycles. The van der Waals surface area contributed by atoms with Crippen molar-refractivity contribution in [2.75, 3.05) is 31.1 Å². The molecule has 2 amide bonds. The van der Waals surface area contributed by atoms with Crippen LogP contribution in [0.3, 0.4) is 0 Å². The number of nitrogens with zero attached hydrogens (tertiary/aromatic N) is 4. The van der Waals surface area contributed by atoms with Crippen molar-refractivity contribution in [3.05, 3.63) is 94.3 Å². The van der Waals surface area contributed by atoms with Crippen LogP contribution in [-0.2, 0) is 17.9 Å². The number of fused-ring (bicyclic) bond motifs is 2. The lowest BCUT2D eigenvalue weighted by Crippen LogP contribution is -2.38. The Balaban J connectivity index is 1.50. The SMILES string of the molecule is CC(=O)N1CCCN(Cc2ccccc2)CCN(C(=O)c2ccc3nc(C(C)C)[nH]c3c2)Cc2ccc(Cl)cc21. The molecule has 2 heterocycles. The Bertz CT molecular complexity index is 1500. The van der Waals surface area contributed by atoms with Gasteiger partial charge >= 0.3 is 0 Å². The molecule has 0 radical (unpaired) electrons. The quantitative estimate of drug-likeness (QED) is 0.322. The van der Waals surface area contributed by atoms with Crippen LogP contribution < -0.4 is 4.90 Å². The maximum absolute atomic E-state index is 14.1. The molecule has 208 valence electrons. The third-order valence-corrected chi connectivity index (χ3v) is 7.69. The summed E-state index contributed by atoms with van der Waals surface area (Å²) in [6.07, 6.45) is 0.807. The summed E-state index contributed by atoms with van der Waals surface area (Å²) >= 11 is 6.40. The largest absolute Gasteiger partial charge is 0.342 e. The van der Waals surface area contributed by atoms with E-state index in [1.54, 1.807) is 11.8 Å². The van der Waals surface area contributed by atoms with Gasteiger partial charge in [0.2, 0.25) is 5.91 Å². The first-order valence-electron chi connectivity index (χ1n) is 13.9. The number of halogens is 1. The van der Waals surface area contributed by atoms with Gasteiger partial charge in [-0.25, -0.2) is 4.98 Å². The smallest absolute Gasteiger partial charge is 0.254 e. The maximum Gasteiger partial charge on any atom is 0.254 e. The third kappa shape index (κ3) is 6.37. The van der Waals surface area contributed by atoms with Crippen molar-refractivity contribution in [3.8, 4) is 0 Å². The van der Waals surface area contributed by atoms with Gasteiger partial charge in [-0.05, 0) is 47.9 Å². The lowest BCUT2D eigenvalue weighted by molar-refractivity contribution is -0.116. The molecule has 1 aliphatic rings. The highest BCUT2D eigenvalue weighted by Crippen LogP contribution is 2.28. The molecule has 0 fully saturated rings. The van der Waals surface area contributed by atoms with Crippen molar-refractivity contribution in [1.29, 1.82) is 0 Å². The molecule has 0 spiro atoms. The van der Waals surface area contributed by atoms with Gasteiger partial charge in [0.15, 0.2) is 0 Å². The highest BCUT2D eigenvalue weighted by Gasteiger charge is 2.24. The van der Waals surface area contributed by atoms with E-state index in [2.05, 4.69) is 40.8 Å². The molecular weight excluding hydrogens is 522 g/mol. The molecule has 40 heavy (non-hydrogen) atoms. The first-order valence-corrected chi connectivity index (χ1v) is 14.3. The molecule has 7 nitrogen and oxygen atoms in total. The summed E-state index contributed by atoms with van der Waals surface area (Å²) in [6, 6.07) is 21.6. The van der Waals surface area contributed by atoms with Crippen LogP contribution in [0.4, 0.5) is 5.69 Å². The van der Waals surface area contributed by atoms with Gasteiger partial charge in [0, 0.05) is 62.7 Å². The van der Waals surface area contributed by atoms with E-state index in [1.165, 1.54) is 5.56 Å². The van der Waals surface area contributed by atoms with Crippen LogP contribution >= 0.6 is 11.6 Å². The number of nitrogens with one attached hydrogen (secondary N) is 1. The molecule has 8 heteroatoms. The number of aromatic amines is 1. The fourth-order valence-electron chi connectivity index (χ4n) is 5.27. The van der Waals surface area contributed by atoms with E-state index in [0.717, 1.165) is 47.6 Å². The van der Waals surface area contributed by atoms with Gasteiger partial charge in [-0.15, -0.1) is 0 Å². The molecule has 0 atom stereocenters. The maximum atomic E-state index is 14.1. The highest BCUT2D eigenvalue weighted by molar-refractivity contribution is 6.31. The van der Waals surface area contributed by atoms with Gasteiger partial charge in [0.1, 0.15) is 5.82 Å². The van der Waals surface area contributed by atoms with Gasteiger partial charge in [0.25, 0.3) is 5.91 Å². The van der Waals surface area contributed by atoms with Crippen molar-refractivity contribution in [1.82, 2.24) is 19.8 Å². The molecule has 0 bridgehead atoms. The van der Waals surface area contributed by atoms with Gasteiger partial charge < -0.3 is 14.8 Å². The minimum Gasteiger partial charge on any atom is -0.342 e. The molecule has 4 aromatic rings. The standard InChI is InChI=1S/C32H36ClN5O2/c1-22(2)31-34-28-13-11-25(18-29(28)35-31)32(40)37-17-16-36(20-24-8-5-4-6-9-24)14-7-15-38(23(3)39)30-19-27(33)12-10-26(30)21-37/h4-6,8-13,18-19,22H,7,14-17,20-21H2,1-3H3,(H,34,35). The average Bonchev–Trinajstić information content (AvgIpc) is 3.36. The second-order valence-corrected chi connectivity index (χ2v) is 11.2. The van der Waals surface area contributed by atoms with Crippen LogP contribution in [0, 0.1) is 0 Å². The number of H-pyrrole nitrogens is 1. The number of benzene rings is 3. The van der Waals surface area contributed by atoms with E-state index in [1.807, 2.05) is 59.5 Å². The number of carbonyl (C=O) groups is 2. The van der Waals surface area contributed by atoms with Crippen LogP contribution in [0.2, 0.25) is 5.02 Å². The third-order valence-electron chi connectivity index (χ3n) is 7.45. The van der Waals surface area contributed by atoms with Crippen molar-refractivity contribution >= 4 is 40.1 Å². The summed E-state index contributed by atoms with van der Waals surface area (Å²) < 4.78 is 0. The summed E-state index contributed by atoms with van der Waals surface area (Å²) in [5, 5.41) is 0.564. The van der Waals surface area contributed by atoms with E-state index < -0.39 is 0 Å². The molecule has 0 unspecified atom stereocenters. The van der Waals surface area contributed by atoms with Gasteiger partial charge in [-0.2, -0.15) is 0 Å². The van der Waals surface area contributed by atoms with E-state index >= 15 is 0 Å². The monoisotopic (exact) mass is 557 g/mol. The Morgan fingerprint density at radius 2 is 1.77 bits per heavy atom. The molecule has 0 saturated heterocycles. The zero-order valence-electron chi connectivity index (χ0n) is 23.4. The van der Waals surface area contributed by atoms with Crippen LogP contribution in [0.25, 0.3) is 11.0 Å². The fraction of sp³-hybridized carbons (Fsp3) is 0.344. The Kier molecular flexibility index (Phi) is 8.52. The summed E-state index contributed by atoms with van der Waals surface area (Å²) in [5.74, 6) is 1.07. The van der Waals surface area contributed by atoms with Crippen LogP contribution in [-0.4, -0.2) is 57.8 Å². The summed E-state index contributed by atoms with van der Waals surface area (Å²) in [4.78, 5) is 40.9. The number of hydrogen-bond donors (Lipinski definition) is 1. The molecule has 1 aliphatic heterocycles.